The lowest BCUT2D eigenvalue weighted by Gasteiger charge is -2.06. The minimum absolute atomic E-state index is 0.217. The van der Waals surface area contributed by atoms with Crippen molar-refractivity contribution in [2.24, 2.45) is 7.05 Å². The molecule has 0 saturated heterocycles. The van der Waals surface area contributed by atoms with Gasteiger partial charge in [0, 0.05) is 19.6 Å². The smallest absolute Gasteiger partial charge is 0.332 e. The number of rotatable bonds is 4. The Labute approximate surface area is 117 Å². The maximum atomic E-state index is 13.0. The van der Waals surface area contributed by atoms with E-state index in [1.807, 2.05) is 0 Å². The van der Waals surface area contributed by atoms with E-state index in [0.29, 0.717) is 16.7 Å². The second-order valence-corrected chi connectivity index (χ2v) is 5.92. The van der Waals surface area contributed by atoms with Crippen LogP contribution < -0.4 is 5.32 Å². The molecule has 0 spiro atoms. The van der Waals surface area contributed by atoms with Gasteiger partial charge in [0.2, 0.25) is 0 Å². The summed E-state index contributed by atoms with van der Waals surface area (Å²) < 4.78 is 40.8. The second kappa shape index (κ2) is 4.85. The van der Waals surface area contributed by atoms with E-state index in [0.717, 1.165) is 24.2 Å². The molecule has 0 amide bonds. The molecule has 8 heteroatoms. The van der Waals surface area contributed by atoms with E-state index in [2.05, 4.69) is 15.3 Å². The third-order valence-corrected chi connectivity index (χ3v) is 4.21. The Morgan fingerprint density at radius 2 is 2.20 bits per heavy atom. The third kappa shape index (κ3) is 2.71. The summed E-state index contributed by atoms with van der Waals surface area (Å²) >= 11 is 1.07. The number of hydrogen-bond acceptors (Lipinski definition) is 4. The van der Waals surface area contributed by atoms with Crippen LogP contribution in [0.15, 0.2) is 12.5 Å². The van der Waals surface area contributed by atoms with Gasteiger partial charge in [-0.15, -0.1) is 11.3 Å². The van der Waals surface area contributed by atoms with Crippen LogP contribution in [0.2, 0.25) is 0 Å². The van der Waals surface area contributed by atoms with Gasteiger partial charge >= 0.3 is 6.18 Å². The molecule has 1 aliphatic rings. The summed E-state index contributed by atoms with van der Waals surface area (Å²) in [5, 5.41) is 3.46. The number of alkyl halides is 3. The molecule has 0 bridgehead atoms. The third-order valence-electron chi connectivity index (χ3n) is 3.13. The number of nitrogens with zero attached hydrogens (tertiary/aromatic N) is 3. The lowest BCUT2D eigenvalue weighted by Crippen LogP contribution is -2.18. The lowest BCUT2D eigenvalue weighted by molar-refractivity contribution is -0.141. The van der Waals surface area contributed by atoms with Crippen molar-refractivity contribution >= 4 is 11.3 Å². The second-order valence-electron chi connectivity index (χ2n) is 4.83. The molecule has 20 heavy (non-hydrogen) atoms. The van der Waals surface area contributed by atoms with Crippen molar-refractivity contribution in [2.45, 2.75) is 31.6 Å². The van der Waals surface area contributed by atoms with Gasteiger partial charge in [-0.1, -0.05) is 0 Å². The van der Waals surface area contributed by atoms with Crippen LogP contribution >= 0.6 is 11.3 Å². The summed E-state index contributed by atoms with van der Waals surface area (Å²) in [7, 11) is 1.74. The normalized spacial score (nSPS) is 15.8. The van der Waals surface area contributed by atoms with Crippen molar-refractivity contribution in [2.75, 3.05) is 0 Å². The van der Waals surface area contributed by atoms with Crippen molar-refractivity contribution in [1.29, 1.82) is 0 Å². The number of aromatic nitrogens is 3. The zero-order valence-electron chi connectivity index (χ0n) is 10.7. The van der Waals surface area contributed by atoms with Gasteiger partial charge in [-0.25, -0.2) is 9.97 Å². The summed E-state index contributed by atoms with van der Waals surface area (Å²) in [5.41, 5.74) is -0.190. The van der Waals surface area contributed by atoms with Crippen molar-refractivity contribution < 1.29 is 13.2 Å². The Balaban J connectivity index is 1.94. The summed E-state index contributed by atoms with van der Waals surface area (Å²) in [6, 6.07) is 0.360. The Bertz CT molecular complexity index is 612. The molecule has 0 atom stereocenters. The molecule has 2 heterocycles. The van der Waals surface area contributed by atoms with Crippen molar-refractivity contribution in [3.8, 4) is 10.7 Å². The van der Waals surface area contributed by atoms with Crippen molar-refractivity contribution in [3.05, 3.63) is 23.1 Å². The summed E-state index contributed by atoms with van der Waals surface area (Å²) in [5.74, 6) is 0. The van der Waals surface area contributed by atoms with Gasteiger partial charge in [0.25, 0.3) is 0 Å². The van der Waals surface area contributed by atoms with Crippen LogP contribution in [0.3, 0.4) is 0 Å². The number of hydrogen-bond donors (Lipinski definition) is 1. The highest BCUT2D eigenvalue weighted by molar-refractivity contribution is 7.15. The predicted octanol–water partition coefficient (Wildman–Crippen LogP) is 2.81. The van der Waals surface area contributed by atoms with Crippen molar-refractivity contribution in [1.82, 2.24) is 19.9 Å². The van der Waals surface area contributed by atoms with E-state index in [4.69, 9.17) is 0 Å². The minimum Gasteiger partial charge on any atom is -0.332 e. The molecule has 0 radical (unpaired) electrons. The number of imidazole rings is 1. The number of nitrogens with one attached hydrogen (secondary N) is 1. The SMILES string of the molecule is Cn1cncc1-c1nc(C(F)(F)F)c(CNC2CC2)s1. The fraction of sp³-hybridized carbons (Fsp3) is 0.500. The van der Waals surface area contributed by atoms with E-state index < -0.39 is 11.9 Å². The maximum absolute atomic E-state index is 13.0. The predicted molar refractivity (Wildman–Crippen MR) is 69.2 cm³/mol. The first-order chi connectivity index (χ1) is 9.45. The van der Waals surface area contributed by atoms with Crippen LogP contribution in [0, 0.1) is 0 Å². The summed E-state index contributed by atoms with van der Waals surface area (Å²) in [4.78, 5) is 7.93. The molecule has 2 aromatic rings. The molecule has 1 aliphatic carbocycles. The Morgan fingerprint density at radius 3 is 2.75 bits per heavy atom. The highest BCUT2D eigenvalue weighted by Gasteiger charge is 2.38. The van der Waals surface area contributed by atoms with E-state index >= 15 is 0 Å². The van der Waals surface area contributed by atoms with E-state index in [9.17, 15) is 13.2 Å². The van der Waals surface area contributed by atoms with Gasteiger partial charge in [-0.05, 0) is 12.8 Å². The molecule has 1 saturated carbocycles. The van der Waals surface area contributed by atoms with Gasteiger partial charge in [0.05, 0.1) is 23.1 Å². The molecule has 0 unspecified atom stereocenters. The molecule has 1 fully saturated rings. The van der Waals surface area contributed by atoms with E-state index in [1.165, 1.54) is 6.20 Å². The minimum atomic E-state index is -4.42. The first kappa shape index (κ1) is 13.6. The number of aryl methyl sites for hydroxylation is 1. The van der Waals surface area contributed by atoms with Gasteiger partial charge in [0.15, 0.2) is 5.69 Å². The van der Waals surface area contributed by atoms with Gasteiger partial charge in [0.1, 0.15) is 5.01 Å². The highest BCUT2D eigenvalue weighted by Crippen LogP contribution is 2.37. The molecule has 3 rings (SSSR count). The van der Waals surface area contributed by atoms with Crippen LogP contribution in [-0.2, 0) is 19.8 Å². The van der Waals surface area contributed by atoms with Crippen LogP contribution in [-0.4, -0.2) is 20.6 Å². The quantitative estimate of drug-likeness (QED) is 0.944. The molecular formula is C12H13F3N4S. The van der Waals surface area contributed by atoms with Crippen LogP contribution in [0.4, 0.5) is 13.2 Å². The van der Waals surface area contributed by atoms with E-state index in [-0.39, 0.29) is 11.4 Å². The fourth-order valence-corrected chi connectivity index (χ4v) is 2.98. The maximum Gasteiger partial charge on any atom is 0.434 e. The topological polar surface area (TPSA) is 42.7 Å². The first-order valence-electron chi connectivity index (χ1n) is 6.22. The average molecular weight is 302 g/mol. The van der Waals surface area contributed by atoms with Gasteiger partial charge in [-0.2, -0.15) is 13.2 Å². The number of halogens is 3. The molecule has 2 aromatic heterocycles. The summed E-state index contributed by atoms with van der Waals surface area (Å²) in [6.45, 7) is 0.217. The molecule has 4 nitrogen and oxygen atoms in total. The average Bonchev–Trinajstić information content (AvgIpc) is 2.93. The Kier molecular flexibility index (Phi) is 3.29. The molecular weight excluding hydrogens is 289 g/mol. The van der Waals surface area contributed by atoms with Crippen LogP contribution in [0.5, 0.6) is 0 Å². The molecule has 1 N–H and O–H groups in total. The van der Waals surface area contributed by atoms with Gasteiger partial charge < -0.3 is 9.88 Å². The zero-order valence-corrected chi connectivity index (χ0v) is 11.6. The van der Waals surface area contributed by atoms with E-state index in [1.54, 1.807) is 17.9 Å². The molecule has 0 aliphatic heterocycles. The standard InChI is InChI=1S/C12H13F3N4S/c1-19-6-16-4-8(19)11-18-10(12(13,14)15)9(20-11)5-17-7-2-3-7/h4,6-7,17H,2-3,5H2,1H3. The largest absolute Gasteiger partial charge is 0.434 e. The first-order valence-corrected chi connectivity index (χ1v) is 7.04. The number of thiazole rings is 1. The monoisotopic (exact) mass is 302 g/mol. The van der Waals surface area contributed by atoms with Crippen LogP contribution in [0.1, 0.15) is 23.4 Å². The molecule has 108 valence electrons. The fourth-order valence-electron chi connectivity index (χ4n) is 1.89. The Morgan fingerprint density at radius 1 is 1.45 bits per heavy atom. The molecule has 0 aromatic carbocycles. The van der Waals surface area contributed by atoms with Gasteiger partial charge in [-0.3, -0.25) is 0 Å². The zero-order chi connectivity index (χ0) is 14.3. The van der Waals surface area contributed by atoms with Crippen LogP contribution in [0.25, 0.3) is 10.7 Å². The summed E-state index contributed by atoms with van der Waals surface area (Å²) in [6.07, 6.45) is 0.723. The lowest BCUT2D eigenvalue weighted by atomic mass is 10.3. The highest BCUT2D eigenvalue weighted by atomic mass is 32.1. The van der Waals surface area contributed by atoms with Crippen molar-refractivity contribution in [3.63, 3.8) is 0 Å². The Hall–Kier alpha value is -1.41.